The first-order chi connectivity index (χ1) is 11.1. The maximum atomic E-state index is 11.9. The largest absolute Gasteiger partial charge is 0.351 e. The molecule has 6 heteroatoms. The zero-order valence-corrected chi connectivity index (χ0v) is 12.9. The summed E-state index contributed by atoms with van der Waals surface area (Å²) in [5.41, 5.74) is 1.39. The minimum Gasteiger partial charge on any atom is -0.351 e. The van der Waals surface area contributed by atoms with E-state index in [2.05, 4.69) is 10.6 Å². The predicted octanol–water partition coefficient (Wildman–Crippen LogP) is 2.97. The van der Waals surface area contributed by atoms with Crippen molar-refractivity contribution in [2.75, 3.05) is 11.9 Å². The second-order valence-electron chi connectivity index (χ2n) is 4.73. The van der Waals surface area contributed by atoms with Crippen molar-refractivity contribution in [3.8, 4) is 6.07 Å². The highest BCUT2D eigenvalue weighted by molar-refractivity contribution is 6.33. The number of amides is 2. The van der Waals surface area contributed by atoms with Gasteiger partial charge in [-0.05, 0) is 30.3 Å². The predicted molar refractivity (Wildman–Crippen MR) is 88.2 cm³/mol. The second kappa shape index (κ2) is 7.97. The second-order valence-corrected chi connectivity index (χ2v) is 5.13. The van der Waals surface area contributed by atoms with E-state index in [1.165, 1.54) is 0 Å². The van der Waals surface area contributed by atoms with E-state index in [9.17, 15) is 9.59 Å². The monoisotopic (exact) mass is 327 g/mol. The maximum absolute atomic E-state index is 11.9. The van der Waals surface area contributed by atoms with Crippen LogP contribution in [0.2, 0.25) is 5.02 Å². The van der Waals surface area contributed by atoms with Gasteiger partial charge in [0.25, 0.3) is 5.91 Å². The lowest BCUT2D eigenvalue weighted by molar-refractivity contribution is -0.116. The number of benzene rings is 2. The molecule has 116 valence electrons. The Kier molecular flexibility index (Phi) is 5.73. The molecule has 2 amide bonds. The molecule has 23 heavy (non-hydrogen) atoms. The maximum Gasteiger partial charge on any atom is 0.252 e. The normalized spacial score (nSPS) is 9.74. The van der Waals surface area contributed by atoms with Crippen molar-refractivity contribution in [2.24, 2.45) is 0 Å². The average molecular weight is 328 g/mol. The van der Waals surface area contributed by atoms with Crippen molar-refractivity contribution in [3.05, 3.63) is 64.7 Å². The van der Waals surface area contributed by atoms with Gasteiger partial charge in [0, 0.05) is 18.7 Å². The van der Waals surface area contributed by atoms with Gasteiger partial charge < -0.3 is 10.6 Å². The number of hydrogen-bond donors (Lipinski definition) is 2. The van der Waals surface area contributed by atoms with E-state index < -0.39 is 0 Å². The van der Waals surface area contributed by atoms with Crippen molar-refractivity contribution in [2.45, 2.75) is 6.42 Å². The van der Waals surface area contributed by atoms with Crippen LogP contribution in [0.4, 0.5) is 5.69 Å². The van der Waals surface area contributed by atoms with Crippen LogP contribution >= 0.6 is 11.6 Å². The first-order valence-electron chi connectivity index (χ1n) is 6.93. The van der Waals surface area contributed by atoms with Crippen LogP contribution < -0.4 is 10.6 Å². The molecular formula is C17H14ClN3O2. The fourth-order valence-corrected chi connectivity index (χ4v) is 2.14. The molecular weight excluding hydrogens is 314 g/mol. The smallest absolute Gasteiger partial charge is 0.252 e. The highest BCUT2D eigenvalue weighted by Crippen LogP contribution is 2.14. The summed E-state index contributed by atoms with van der Waals surface area (Å²) in [6.45, 7) is 0.188. The van der Waals surface area contributed by atoms with E-state index in [4.69, 9.17) is 16.9 Å². The Morgan fingerprint density at radius 3 is 2.65 bits per heavy atom. The van der Waals surface area contributed by atoms with Crippen LogP contribution in [0.25, 0.3) is 0 Å². The molecule has 0 fully saturated rings. The first kappa shape index (κ1) is 16.5. The Morgan fingerprint density at radius 2 is 1.91 bits per heavy atom. The Morgan fingerprint density at radius 1 is 1.13 bits per heavy atom. The van der Waals surface area contributed by atoms with E-state index in [1.54, 1.807) is 48.5 Å². The summed E-state index contributed by atoms with van der Waals surface area (Å²) in [6.07, 6.45) is 0.118. The minimum absolute atomic E-state index is 0.118. The van der Waals surface area contributed by atoms with Crippen LogP contribution in [0.3, 0.4) is 0 Å². The average Bonchev–Trinajstić information content (AvgIpc) is 2.55. The molecule has 0 aliphatic carbocycles. The molecule has 0 unspecified atom stereocenters. The number of nitrogens with one attached hydrogen (secondary N) is 2. The zero-order valence-electron chi connectivity index (χ0n) is 12.2. The van der Waals surface area contributed by atoms with Gasteiger partial charge in [0.2, 0.25) is 5.91 Å². The van der Waals surface area contributed by atoms with Crippen LogP contribution in [-0.4, -0.2) is 18.4 Å². The highest BCUT2D eigenvalue weighted by atomic mass is 35.5. The molecule has 0 radical (unpaired) electrons. The van der Waals surface area contributed by atoms with Crippen LogP contribution in [0.1, 0.15) is 22.3 Å². The number of hydrogen-bond acceptors (Lipinski definition) is 3. The summed E-state index contributed by atoms with van der Waals surface area (Å²) in [5.74, 6) is -0.575. The molecule has 0 aliphatic heterocycles. The van der Waals surface area contributed by atoms with Crippen molar-refractivity contribution in [3.63, 3.8) is 0 Å². The molecule has 0 heterocycles. The molecule has 0 saturated carbocycles. The Hall–Kier alpha value is -2.84. The summed E-state index contributed by atoms with van der Waals surface area (Å²) >= 11 is 5.93. The Bertz CT molecular complexity index is 768. The van der Waals surface area contributed by atoms with Crippen molar-refractivity contribution >= 4 is 29.1 Å². The topological polar surface area (TPSA) is 82.0 Å². The number of rotatable bonds is 5. The Labute approximate surface area is 138 Å². The molecule has 0 spiro atoms. The van der Waals surface area contributed by atoms with Crippen molar-refractivity contribution in [1.82, 2.24) is 5.32 Å². The molecule has 0 atom stereocenters. The van der Waals surface area contributed by atoms with E-state index in [0.29, 0.717) is 21.8 Å². The summed E-state index contributed by atoms with van der Waals surface area (Å²) < 4.78 is 0. The van der Waals surface area contributed by atoms with Gasteiger partial charge in [0.1, 0.15) is 0 Å². The van der Waals surface area contributed by atoms with Crippen LogP contribution in [0, 0.1) is 11.3 Å². The highest BCUT2D eigenvalue weighted by Gasteiger charge is 2.10. The molecule has 2 N–H and O–H groups in total. The third-order valence-electron chi connectivity index (χ3n) is 3.03. The molecule has 0 aliphatic rings. The molecule has 0 aromatic heterocycles. The molecule has 0 saturated heterocycles. The standard InChI is InChI=1S/C17H14ClN3O2/c18-15-7-2-1-6-14(15)17(23)20-9-8-16(22)21-13-5-3-4-12(10-13)11-19/h1-7,10H,8-9H2,(H,20,23)(H,21,22). The number of carbonyl (C=O) groups is 2. The summed E-state index contributed by atoms with van der Waals surface area (Å²) in [6, 6.07) is 15.3. The van der Waals surface area contributed by atoms with Gasteiger partial charge in [-0.2, -0.15) is 5.26 Å². The van der Waals surface area contributed by atoms with E-state index >= 15 is 0 Å². The third kappa shape index (κ3) is 4.83. The third-order valence-corrected chi connectivity index (χ3v) is 3.36. The number of nitrogens with zero attached hydrogens (tertiary/aromatic N) is 1. The van der Waals surface area contributed by atoms with Crippen LogP contribution in [0.5, 0.6) is 0 Å². The lowest BCUT2D eigenvalue weighted by Crippen LogP contribution is -2.27. The van der Waals surface area contributed by atoms with Gasteiger partial charge in [0.15, 0.2) is 0 Å². The molecule has 0 bridgehead atoms. The number of nitriles is 1. The van der Waals surface area contributed by atoms with Gasteiger partial charge >= 0.3 is 0 Å². The summed E-state index contributed by atoms with van der Waals surface area (Å²) in [5, 5.41) is 14.5. The molecule has 5 nitrogen and oxygen atoms in total. The number of carbonyl (C=O) groups excluding carboxylic acids is 2. The minimum atomic E-state index is -0.324. The Balaban J connectivity index is 1.82. The van der Waals surface area contributed by atoms with Crippen LogP contribution in [-0.2, 0) is 4.79 Å². The quantitative estimate of drug-likeness (QED) is 0.885. The van der Waals surface area contributed by atoms with Gasteiger partial charge in [-0.15, -0.1) is 0 Å². The van der Waals surface area contributed by atoms with E-state index in [-0.39, 0.29) is 24.8 Å². The number of anilines is 1. The molecule has 2 aromatic carbocycles. The first-order valence-corrected chi connectivity index (χ1v) is 7.30. The van der Waals surface area contributed by atoms with E-state index in [1.807, 2.05) is 6.07 Å². The SMILES string of the molecule is N#Cc1cccc(NC(=O)CCNC(=O)c2ccccc2Cl)c1. The van der Waals surface area contributed by atoms with Crippen molar-refractivity contribution < 1.29 is 9.59 Å². The zero-order chi connectivity index (χ0) is 16.7. The summed E-state index contributed by atoms with van der Waals surface area (Å²) in [4.78, 5) is 23.8. The fourth-order valence-electron chi connectivity index (χ4n) is 1.92. The molecule has 2 aromatic rings. The fraction of sp³-hybridized carbons (Fsp3) is 0.118. The van der Waals surface area contributed by atoms with Gasteiger partial charge in [-0.25, -0.2) is 0 Å². The molecule has 2 rings (SSSR count). The lowest BCUT2D eigenvalue weighted by atomic mass is 10.2. The van der Waals surface area contributed by atoms with Gasteiger partial charge in [0.05, 0.1) is 22.2 Å². The van der Waals surface area contributed by atoms with Crippen molar-refractivity contribution in [1.29, 1.82) is 5.26 Å². The summed E-state index contributed by atoms with van der Waals surface area (Å²) in [7, 11) is 0. The lowest BCUT2D eigenvalue weighted by Gasteiger charge is -2.08. The number of halogens is 1. The van der Waals surface area contributed by atoms with Gasteiger partial charge in [-0.3, -0.25) is 9.59 Å². The van der Waals surface area contributed by atoms with Crippen LogP contribution in [0.15, 0.2) is 48.5 Å². The van der Waals surface area contributed by atoms with Gasteiger partial charge in [-0.1, -0.05) is 29.8 Å². The van der Waals surface area contributed by atoms with E-state index in [0.717, 1.165) is 0 Å².